The van der Waals surface area contributed by atoms with E-state index in [1.165, 1.54) is 6.92 Å². The van der Waals surface area contributed by atoms with Crippen LogP contribution in [0.2, 0.25) is 0 Å². The molecule has 33 heavy (non-hydrogen) atoms. The Morgan fingerprint density at radius 3 is 1.91 bits per heavy atom. The van der Waals surface area contributed by atoms with E-state index in [2.05, 4.69) is 33.6 Å². The van der Waals surface area contributed by atoms with E-state index in [1.807, 2.05) is 4.89 Å². The summed E-state index contributed by atoms with van der Waals surface area (Å²) in [6, 6.07) is 0. The number of nitrogens with one attached hydrogen (secondary N) is 4. The molecule has 0 saturated carbocycles. The van der Waals surface area contributed by atoms with Gasteiger partial charge < -0.3 is 35.0 Å². The van der Waals surface area contributed by atoms with Gasteiger partial charge in [0.25, 0.3) is 0 Å². The molecule has 1 atom stereocenters. The van der Waals surface area contributed by atoms with Gasteiger partial charge in [0.05, 0.1) is 26.4 Å². The number of carbonyl (C=O) groups is 4. The molecule has 0 aliphatic heterocycles. The number of ether oxygens (including phenoxy) is 3. The van der Waals surface area contributed by atoms with Gasteiger partial charge in [0.15, 0.2) is 0 Å². The minimum Gasteiger partial charge on any atom is -0.379 e. The predicted octanol–water partition coefficient (Wildman–Crippen LogP) is -0.506. The average molecular weight is 495 g/mol. The van der Waals surface area contributed by atoms with Crippen LogP contribution in [0.4, 0.5) is 0 Å². The highest BCUT2D eigenvalue weighted by Crippen LogP contribution is 2.05. The fourth-order valence-corrected chi connectivity index (χ4v) is 2.47. The number of hydrogen-bond donors (Lipinski definition) is 5. The van der Waals surface area contributed by atoms with Crippen LogP contribution in [-0.2, 0) is 38.2 Å². The van der Waals surface area contributed by atoms with Crippen molar-refractivity contribution in [2.75, 3.05) is 59.3 Å². The molecule has 0 aliphatic carbocycles. The Bertz CT molecular complexity index is 568. The normalized spacial score (nSPS) is 11.5. The van der Waals surface area contributed by atoms with Gasteiger partial charge >= 0.3 is 5.97 Å². The summed E-state index contributed by atoms with van der Waals surface area (Å²) in [5.41, 5.74) is 0. The highest BCUT2D eigenvalue weighted by molar-refractivity contribution is 7.77. The standard InChI is InChI=1S/C20H38N4O8S/c1-16(20(28)23-15-19(27)32-24-33)5-6-18(26)22-8-4-10-30-12-14-31-13-11-29-9-3-7-21-17(2)25/h16,24,33H,3-15H2,1-2H3,(H,21,25)(H,22,26)(H,23,28)/t16-/m0/s1. The van der Waals surface area contributed by atoms with Gasteiger partial charge in [-0.15, -0.1) is 0 Å². The van der Waals surface area contributed by atoms with Gasteiger partial charge in [-0.3, -0.25) is 14.4 Å². The topological polar surface area (TPSA) is 153 Å². The van der Waals surface area contributed by atoms with Gasteiger partial charge in [-0.2, -0.15) is 0 Å². The third kappa shape index (κ3) is 21.7. The third-order valence-electron chi connectivity index (χ3n) is 4.19. The fraction of sp³-hybridized carbons (Fsp3) is 0.800. The van der Waals surface area contributed by atoms with Gasteiger partial charge in [0, 0.05) is 45.6 Å². The summed E-state index contributed by atoms with van der Waals surface area (Å²) in [5.74, 6) is -1.60. The molecule has 0 rings (SSSR count). The number of hydrogen-bond acceptors (Lipinski definition) is 10. The van der Waals surface area contributed by atoms with Crippen LogP contribution in [0.15, 0.2) is 0 Å². The predicted molar refractivity (Wildman–Crippen MR) is 123 cm³/mol. The molecule has 0 heterocycles. The van der Waals surface area contributed by atoms with Crippen LogP contribution < -0.4 is 20.8 Å². The molecule has 3 amide bonds. The highest BCUT2D eigenvalue weighted by Gasteiger charge is 2.15. The Morgan fingerprint density at radius 2 is 1.36 bits per heavy atom. The second kappa shape index (κ2) is 21.9. The maximum absolute atomic E-state index is 11.8. The van der Waals surface area contributed by atoms with Crippen molar-refractivity contribution in [3.63, 3.8) is 0 Å². The molecule has 0 unspecified atom stereocenters. The smallest absolute Gasteiger partial charge is 0.344 e. The van der Waals surface area contributed by atoms with Crippen LogP contribution in [0, 0.1) is 5.92 Å². The lowest BCUT2D eigenvalue weighted by atomic mass is 10.0. The van der Waals surface area contributed by atoms with Crippen molar-refractivity contribution in [1.29, 1.82) is 0 Å². The summed E-state index contributed by atoms with van der Waals surface area (Å²) >= 11 is 3.51. The SMILES string of the molecule is CC(=O)NCCCOCCOCCOCCCNC(=O)CC[C@H](C)C(=O)NCC(=O)ONS. The molecule has 0 radical (unpaired) electrons. The first-order chi connectivity index (χ1) is 15.9. The molecule has 0 aromatic heterocycles. The summed E-state index contributed by atoms with van der Waals surface area (Å²) in [6.07, 6.45) is 2.01. The van der Waals surface area contributed by atoms with Crippen molar-refractivity contribution in [1.82, 2.24) is 20.8 Å². The van der Waals surface area contributed by atoms with E-state index < -0.39 is 11.9 Å². The summed E-state index contributed by atoms with van der Waals surface area (Å²) in [6.45, 7) is 6.94. The Labute approximate surface area is 200 Å². The first-order valence-corrected chi connectivity index (χ1v) is 11.4. The molecule has 0 saturated heterocycles. The highest BCUT2D eigenvalue weighted by atomic mass is 32.1. The van der Waals surface area contributed by atoms with Crippen LogP contribution in [0.25, 0.3) is 0 Å². The maximum atomic E-state index is 11.8. The van der Waals surface area contributed by atoms with Crippen molar-refractivity contribution >= 4 is 36.5 Å². The van der Waals surface area contributed by atoms with E-state index in [0.29, 0.717) is 65.6 Å². The van der Waals surface area contributed by atoms with Gasteiger partial charge in [0.1, 0.15) is 6.54 Å². The zero-order valence-electron chi connectivity index (χ0n) is 19.5. The lowest BCUT2D eigenvalue weighted by Gasteiger charge is -2.12. The van der Waals surface area contributed by atoms with Crippen molar-refractivity contribution < 1.29 is 38.2 Å². The van der Waals surface area contributed by atoms with Gasteiger partial charge in [-0.1, -0.05) is 24.6 Å². The van der Waals surface area contributed by atoms with Crippen molar-refractivity contribution in [2.24, 2.45) is 5.92 Å². The van der Waals surface area contributed by atoms with Gasteiger partial charge in [0.2, 0.25) is 17.7 Å². The molecule has 0 aromatic rings. The van der Waals surface area contributed by atoms with Crippen LogP contribution in [0.3, 0.4) is 0 Å². The van der Waals surface area contributed by atoms with E-state index in [9.17, 15) is 19.2 Å². The minimum atomic E-state index is -0.669. The lowest BCUT2D eigenvalue weighted by Crippen LogP contribution is -2.35. The quantitative estimate of drug-likeness (QED) is 0.0807. The Kier molecular flexibility index (Phi) is 20.6. The monoisotopic (exact) mass is 494 g/mol. The first kappa shape index (κ1) is 31.1. The number of carbonyl (C=O) groups excluding carboxylic acids is 4. The van der Waals surface area contributed by atoms with Crippen LogP contribution in [-0.4, -0.2) is 83.0 Å². The molecule has 0 bridgehead atoms. The van der Waals surface area contributed by atoms with E-state index in [-0.39, 0.29) is 30.7 Å². The molecular formula is C20H38N4O8S. The molecule has 0 spiro atoms. The Hall–Kier alpha value is -1.93. The second-order valence-corrected chi connectivity index (χ2v) is 7.28. The summed E-state index contributed by atoms with van der Waals surface area (Å²) in [7, 11) is 0. The summed E-state index contributed by atoms with van der Waals surface area (Å²) < 4.78 is 16.2. The van der Waals surface area contributed by atoms with Crippen molar-refractivity contribution in [3.8, 4) is 0 Å². The zero-order chi connectivity index (χ0) is 24.7. The van der Waals surface area contributed by atoms with Crippen molar-refractivity contribution in [3.05, 3.63) is 0 Å². The maximum Gasteiger partial charge on any atom is 0.344 e. The molecule has 4 N–H and O–H groups in total. The molecule has 13 heteroatoms. The molecule has 0 aromatic carbocycles. The number of amides is 3. The molecule has 0 aliphatic rings. The van der Waals surface area contributed by atoms with E-state index in [0.717, 1.165) is 6.42 Å². The Morgan fingerprint density at radius 1 is 0.818 bits per heavy atom. The summed E-state index contributed by atoms with van der Waals surface area (Å²) in [5, 5.41) is 7.90. The molecule has 0 fully saturated rings. The average Bonchev–Trinajstić information content (AvgIpc) is 2.78. The molecular weight excluding hydrogens is 456 g/mol. The van der Waals surface area contributed by atoms with Crippen LogP contribution >= 0.6 is 12.8 Å². The van der Waals surface area contributed by atoms with Gasteiger partial charge in [-0.05, 0) is 19.3 Å². The minimum absolute atomic E-state index is 0.0433. The summed E-state index contributed by atoms with van der Waals surface area (Å²) in [4.78, 5) is 51.8. The molecule has 192 valence electrons. The number of thiol groups is 1. The number of rotatable bonds is 21. The zero-order valence-corrected chi connectivity index (χ0v) is 20.4. The largest absolute Gasteiger partial charge is 0.379 e. The first-order valence-electron chi connectivity index (χ1n) is 11.0. The Balaban J connectivity index is 3.44. The van der Waals surface area contributed by atoms with Gasteiger partial charge in [-0.25, -0.2) is 4.79 Å². The van der Waals surface area contributed by atoms with Crippen LogP contribution in [0.1, 0.15) is 39.5 Å². The fourth-order valence-electron chi connectivity index (χ4n) is 2.37. The second-order valence-electron chi connectivity index (χ2n) is 7.10. The lowest BCUT2D eigenvalue weighted by molar-refractivity contribution is -0.147. The molecule has 12 nitrogen and oxygen atoms in total. The van der Waals surface area contributed by atoms with Crippen LogP contribution in [0.5, 0.6) is 0 Å². The van der Waals surface area contributed by atoms with E-state index in [1.54, 1.807) is 6.92 Å². The van der Waals surface area contributed by atoms with Crippen molar-refractivity contribution in [2.45, 2.75) is 39.5 Å². The van der Waals surface area contributed by atoms with E-state index >= 15 is 0 Å². The third-order valence-corrected chi connectivity index (χ3v) is 4.28. The van der Waals surface area contributed by atoms with E-state index in [4.69, 9.17) is 14.2 Å².